The molecule has 0 fully saturated rings. The van der Waals surface area contributed by atoms with Gasteiger partial charge in [0.2, 0.25) is 10.0 Å². The van der Waals surface area contributed by atoms with Crippen molar-refractivity contribution in [2.75, 3.05) is 5.32 Å². The number of amides is 1. The lowest BCUT2D eigenvalue weighted by atomic mass is 9.87. The van der Waals surface area contributed by atoms with Crippen LogP contribution in [0.15, 0.2) is 76.6 Å². The molecule has 0 aliphatic carbocycles. The van der Waals surface area contributed by atoms with Crippen LogP contribution >= 0.6 is 0 Å². The minimum atomic E-state index is -3.66. The fraction of sp³-hybridized carbons (Fsp3) is 0.280. The van der Waals surface area contributed by atoms with E-state index in [0.29, 0.717) is 17.8 Å². The molecular formula is C25H29N3O4S. The summed E-state index contributed by atoms with van der Waals surface area (Å²) in [6, 6.07) is 16.5. The van der Waals surface area contributed by atoms with E-state index >= 15 is 0 Å². The Kier molecular flexibility index (Phi) is 7.19. The van der Waals surface area contributed by atoms with Crippen molar-refractivity contribution in [3.63, 3.8) is 0 Å². The highest BCUT2D eigenvalue weighted by Gasteiger charge is 2.17. The van der Waals surface area contributed by atoms with Gasteiger partial charge in [0.1, 0.15) is 0 Å². The molecule has 0 aliphatic heterocycles. The van der Waals surface area contributed by atoms with Crippen LogP contribution in [0.3, 0.4) is 0 Å². The van der Waals surface area contributed by atoms with Crippen LogP contribution in [0.5, 0.6) is 0 Å². The molecule has 8 heteroatoms. The third kappa shape index (κ3) is 6.18. The number of aromatic nitrogens is 1. The number of carbonyl (C=O) groups is 1. The minimum absolute atomic E-state index is 0.0552. The Bertz CT molecular complexity index is 1290. The Balaban J connectivity index is 1.63. The number of hydrogen-bond donors (Lipinski definition) is 2. The molecule has 0 saturated carbocycles. The molecule has 33 heavy (non-hydrogen) atoms. The number of sulfonamides is 1. The van der Waals surface area contributed by atoms with Crippen LogP contribution in [0.1, 0.15) is 49.2 Å². The largest absolute Gasteiger partial charge is 0.321 e. The predicted octanol–water partition coefficient (Wildman–Crippen LogP) is 3.90. The van der Waals surface area contributed by atoms with Crippen molar-refractivity contribution >= 4 is 21.6 Å². The SMILES string of the molecule is CCn1cc(NC(=O)c2ccc(CNS(=O)(=O)c3ccc(C(C)(C)C)cc3)cc2)ccc1=O. The lowest BCUT2D eigenvalue weighted by Crippen LogP contribution is -2.23. The Labute approximate surface area is 194 Å². The fourth-order valence-corrected chi connectivity index (χ4v) is 4.24. The molecule has 7 nitrogen and oxygen atoms in total. The zero-order valence-corrected chi connectivity index (χ0v) is 20.1. The van der Waals surface area contributed by atoms with Crippen molar-refractivity contribution in [3.05, 3.63) is 93.9 Å². The maximum absolute atomic E-state index is 12.6. The molecule has 0 atom stereocenters. The molecular weight excluding hydrogens is 438 g/mol. The molecule has 0 spiro atoms. The summed E-state index contributed by atoms with van der Waals surface area (Å²) in [6.07, 6.45) is 1.59. The van der Waals surface area contributed by atoms with E-state index in [2.05, 4.69) is 30.8 Å². The second-order valence-electron chi connectivity index (χ2n) is 8.79. The van der Waals surface area contributed by atoms with Crippen molar-refractivity contribution in [2.45, 2.75) is 51.1 Å². The highest BCUT2D eigenvalue weighted by Crippen LogP contribution is 2.23. The minimum Gasteiger partial charge on any atom is -0.321 e. The normalized spacial score (nSPS) is 11.9. The summed E-state index contributed by atoms with van der Waals surface area (Å²) >= 11 is 0. The van der Waals surface area contributed by atoms with Gasteiger partial charge in [-0.2, -0.15) is 0 Å². The monoisotopic (exact) mass is 467 g/mol. The van der Waals surface area contributed by atoms with E-state index in [0.717, 1.165) is 11.1 Å². The van der Waals surface area contributed by atoms with E-state index in [1.807, 2.05) is 19.1 Å². The molecule has 2 aromatic carbocycles. The first-order chi connectivity index (χ1) is 15.5. The summed E-state index contributed by atoms with van der Waals surface area (Å²) in [4.78, 5) is 24.4. The standard InChI is InChI=1S/C25H29N3O4S/c1-5-28-17-21(12-15-23(28)29)27-24(30)19-8-6-18(7-9-19)16-26-33(31,32)22-13-10-20(11-14-22)25(2,3)4/h6-15,17,26H,5,16H2,1-4H3,(H,27,30). The molecule has 1 amide bonds. The van der Waals surface area contributed by atoms with Gasteiger partial charge in [-0.3, -0.25) is 9.59 Å². The third-order valence-electron chi connectivity index (χ3n) is 5.30. The van der Waals surface area contributed by atoms with Gasteiger partial charge >= 0.3 is 0 Å². The number of rotatable bonds is 7. The third-order valence-corrected chi connectivity index (χ3v) is 6.71. The summed E-state index contributed by atoms with van der Waals surface area (Å²) in [7, 11) is -3.66. The first kappa shape index (κ1) is 24.4. The van der Waals surface area contributed by atoms with Crippen LogP contribution in [-0.4, -0.2) is 18.9 Å². The number of nitrogens with zero attached hydrogens (tertiary/aromatic N) is 1. The van der Waals surface area contributed by atoms with Crippen LogP contribution in [0.4, 0.5) is 5.69 Å². The smallest absolute Gasteiger partial charge is 0.255 e. The highest BCUT2D eigenvalue weighted by molar-refractivity contribution is 7.89. The molecule has 3 rings (SSSR count). The van der Waals surface area contributed by atoms with Gasteiger partial charge in [0, 0.05) is 30.9 Å². The first-order valence-electron chi connectivity index (χ1n) is 10.7. The molecule has 0 radical (unpaired) electrons. The van der Waals surface area contributed by atoms with Crippen molar-refractivity contribution in [2.24, 2.45) is 0 Å². The van der Waals surface area contributed by atoms with Crippen LogP contribution in [0.25, 0.3) is 0 Å². The Hall–Kier alpha value is -3.23. The fourth-order valence-electron chi connectivity index (χ4n) is 3.23. The van der Waals surface area contributed by atoms with Gasteiger partial charge in [0.15, 0.2) is 0 Å². The topological polar surface area (TPSA) is 97.3 Å². The number of aryl methyl sites for hydroxylation is 1. The van der Waals surface area contributed by atoms with Crippen LogP contribution in [0.2, 0.25) is 0 Å². The number of pyridine rings is 1. The van der Waals surface area contributed by atoms with Gasteiger partial charge < -0.3 is 9.88 Å². The van der Waals surface area contributed by atoms with E-state index < -0.39 is 10.0 Å². The molecule has 1 heterocycles. The molecule has 3 aromatic rings. The summed E-state index contributed by atoms with van der Waals surface area (Å²) < 4.78 is 29.3. The Morgan fingerprint density at radius 1 is 0.939 bits per heavy atom. The van der Waals surface area contributed by atoms with Gasteiger partial charge in [-0.1, -0.05) is 45.0 Å². The van der Waals surface area contributed by atoms with Crippen molar-refractivity contribution in [1.82, 2.24) is 9.29 Å². The maximum Gasteiger partial charge on any atom is 0.255 e. The zero-order valence-electron chi connectivity index (χ0n) is 19.3. The van der Waals surface area contributed by atoms with Gasteiger partial charge in [-0.15, -0.1) is 0 Å². The van der Waals surface area contributed by atoms with E-state index in [1.54, 1.807) is 48.7 Å². The number of nitrogens with one attached hydrogen (secondary N) is 2. The molecule has 174 valence electrons. The number of benzene rings is 2. The summed E-state index contributed by atoms with van der Waals surface area (Å²) in [5, 5.41) is 2.76. The maximum atomic E-state index is 12.6. The number of carbonyl (C=O) groups excluding carboxylic acids is 1. The van der Waals surface area contributed by atoms with E-state index in [4.69, 9.17) is 0 Å². The first-order valence-corrected chi connectivity index (χ1v) is 12.2. The Morgan fingerprint density at radius 2 is 1.58 bits per heavy atom. The molecule has 0 bridgehead atoms. The average Bonchev–Trinajstić information content (AvgIpc) is 2.79. The van der Waals surface area contributed by atoms with Gasteiger partial charge in [-0.25, -0.2) is 13.1 Å². The summed E-state index contributed by atoms with van der Waals surface area (Å²) in [5.41, 5.74) is 2.54. The van der Waals surface area contributed by atoms with Crippen molar-refractivity contribution in [1.29, 1.82) is 0 Å². The van der Waals surface area contributed by atoms with Crippen molar-refractivity contribution in [3.8, 4) is 0 Å². The zero-order chi connectivity index (χ0) is 24.2. The molecule has 1 aromatic heterocycles. The second-order valence-corrected chi connectivity index (χ2v) is 10.6. The van der Waals surface area contributed by atoms with Crippen LogP contribution in [-0.2, 0) is 28.5 Å². The molecule has 2 N–H and O–H groups in total. The van der Waals surface area contributed by atoms with Crippen LogP contribution in [0, 0.1) is 0 Å². The quantitative estimate of drug-likeness (QED) is 0.551. The van der Waals surface area contributed by atoms with Crippen molar-refractivity contribution < 1.29 is 13.2 Å². The highest BCUT2D eigenvalue weighted by atomic mass is 32.2. The summed E-state index contributed by atoms with van der Waals surface area (Å²) in [6.45, 7) is 8.67. The molecule has 0 aliphatic rings. The molecule has 0 unspecified atom stereocenters. The molecule has 0 saturated heterocycles. The Morgan fingerprint density at radius 3 is 2.15 bits per heavy atom. The lowest BCUT2D eigenvalue weighted by molar-refractivity contribution is 0.102. The number of hydrogen-bond acceptors (Lipinski definition) is 4. The second kappa shape index (κ2) is 9.72. The van der Waals surface area contributed by atoms with E-state index in [9.17, 15) is 18.0 Å². The van der Waals surface area contributed by atoms with Gasteiger partial charge in [0.25, 0.3) is 11.5 Å². The average molecular weight is 468 g/mol. The number of anilines is 1. The summed E-state index contributed by atoms with van der Waals surface area (Å²) in [5.74, 6) is -0.317. The lowest BCUT2D eigenvalue weighted by Gasteiger charge is -2.19. The predicted molar refractivity (Wildman–Crippen MR) is 130 cm³/mol. The van der Waals surface area contributed by atoms with Gasteiger partial charge in [0.05, 0.1) is 10.6 Å². The van der Waals surface area contributed by atoms with Crippen LogP contribution < -0.4 is 15.6 Å². The van der Waals surface area contributed by atoms with E-state index in [-0.39, 0.29) is 28.3 Å². The van der Waals surface area contributed by atoms with Gasteiger partial charge in [-0.05, 0) is 53.8 Å². The van der Waals surface area contributed by atoms with E-state index in [1.165, 1.54) is 10.6 Å².